The van der Waals surface area contributed by atoms with E-state index in [1.54, 1.807) is 24.3 Å². The fraction of sp³-hybridized carbons (Fsp3) is 0.286. The van der Waals surface area contributed by atoms with Crippen LogP contribution in [0, 0.1) is 6.92 Å². The Balaban J connectivity index is 1.80. The van der Waals surface area contributed by atoms with E-state index in [1.165, 1.54) is 11.5 Å². The maximum atomic E-state index is 13.0. The standard InChI is InChI=1S/C21H21F3N2O4S/c1-14-11-16(5-6-19(14)17-3-2-4-18(12-17)21(22,23)24)15-7-9-26(10-8-15)31(29,30)13-20(27)25-28/h2-7,11-12,28H,8-10,13H2,1H3,(H,25,27). The molecule has 0 spiro atoms. The number of carbonyl (C=O) groups is 1. The number of halogens is 3. The quantitative estimate of drug-likeness (QED) is 0.534. The monoisotopic (exact) mass is 454 g/mol. The maximum absolute atomic E-state index is 13.0. The highest BCUT2D eigenvalue weighted by molar-refractivity contribution is 7.89. The molecule has 0 saturated heterocycles. The van der Waals surface area contributed by atoms with Crippen molar-refractivity contribution in [2.45, 2.75) is 19.5 Å². The van der Waals surface area contributed by atoms with Crippen molar-refractivity contribution in [2.75, 3.05) is 18.8 Å². The minimum absolute atomic E-state index is 0.0881. The number of nitrogens with zero attached hydrogens (tertiary/aromatic N) is 1. The number of hydrogen-bond acceptors (Lipinski definition) is 4. The number of benzene rings is 2. The summed E-state index contributed by atoms with van der Waals surface area (Å²) < 4.78 is 64.6. The van der Waals surface area contributed by atoms with E-state index >= 15 is 0 Å². The molecule has 2 N–H and O–H groups in total. The molecular formula is C21H21F3N2O4S. The van der Waals surface area contributed by atoms with Crippen molar-refractivity contribution in [2.24, 2.45) is 0 Å². The van der Waals surface area contributed by atoms with Crippen LogP contribution in [0.2, 0.25) is 0 Å². The SMILES string of the molecule is Cc1cc(C2=CCN(S(=O)(=O)CC(=O)NO)CC2)ccc1-c1cccc(C(F)(F)F)c1. The second-order valence-electron chi connectivity index (χ2n) is 7.24. The summed E-state index contributed by atoms with van der Waals surface area (Å²) in [5, 5.41) is 8.52. The van der Waals surface area contributed by atoms with Gasteiger partial charge in [-0.25, -0.2) is 13.9 Å². The van der Waals surface area contributed by atoms with Gasteiger partial charge in [0.2, 0.25) is 10.0 Å². The zero-order valence-corrected chi connectivity index (χ0v) is 17.4. The van der Waals surface area contributed by atoms with Crippen LogP contribution >= 0.6 is 0 Å². The van der Waals surface area contributed by atoms with E-state index in [0.717, 1.165) is 33.1 Å². The van der Waals surface area contributed by atoms with Crippen molar-refractivity contribution < 1.29 is 31.6 Å². The third kappa shape index (κ3) is 5.33. The maximum Gasteiger partial charge on any atom is 0.416 e. The van der Waals surface area contributed by atoms with E-state index in [9.17, 15) is 26.4 Å². The van der Waals surface area contributed by atoms with Gasteiger partial charge in [0.1, 0.15) is 5.75 Å². The van der Waals surface area contributed by atoms with Crippen LogP contribution in [0.4, 0.5) is 13.2 Å². The fourth-order valence-electron chi connectivity index (χ4n) is 3.50. The van der Waals surface area contributed by atoms with Crippen molar-refractivity contribution in [1.29, 1.82) is 0 Å². The Kier molecular flexibility index (Phi) is 6.54. The van der Waals surface area contributed by atoms with E-state index in [-0.39, 0.29) is 13.1 Å². The molecule has 0 bridgehead atoms. The van der Waals surface area contributed by atoms with Crippen LogP contribution in [0.25, 0.3) is 16.7 Å². The first-order valence-electron chi connectivity index (χ1n) is 9.40. The summed E-state index contributed by atoms with van der Waals surface area (Å²) in [6, 6.07) is 10.6. The zero-order chi connectivity index (χ0) is 22.8. The number of rotatable bonds is 5. The lowest BCUT2D eigenvalue weighted by atomic mass is 9.93. The second kappa shape index (κ2) is 8.81. The van der Waals surface area contributed by atoms with Gasteiger partial charge in [0.25, 0.3) is 5.91 Å². The molecule has 0 unspecified atom stereocenters. The highest BCUT2D eigenvalue weighted by atomic mass is 32.2. The number of nitrogens with one attached hydrogen (secondary N) is 1. The van der Waals surface area contributed by atoms with Crippen molar-refractivity contribution in [1.82, 2.24) is 9.79 Å². The number of carbonyl (C=O) groups excluding carboxylic acids is 1. The van der Waals surface area contributed by atoms with Gasteiger partial charge in [-0.3, -0.25) is 10.0 Å². The first-order valence-corrected chi connectivity index (χ1v) is 11.0. The summed E-state index contributed by atoms with van der Waals surface area (Å²) in [6.07, 6.45) is -2.25. The lowest BCUT2D eigenvalue weighted by Gasteiger charge is -2.26. The summed E-state index contributed by atoms with van der Waals surface area (Å²) >= 11 is 0. The molecule has 0 saturated carbocycles. The van der Waals surface area contributed by atoms with Gasteiger partial charge in [-0.05, 0) is 53.3 Å². The van der Waals surface area contributed by atoms with Crippen LogP contribution in [0.3, 0.4) is 0 Å². The molecule has 6 nitrogen and oxygen atoms in total. The summed E-state index contributed by atoms with van der Waals surface area (Å²) in [6.45, 7) is 2.08. The van der Waals surface area contributed by atoms with E-state index in [4.69, 9.17) is 5.21 Å². The largest absolute Gasteiger partial charge is 0.416 e. The van der Waals surface area contributed by atoms with Crippen LogP contribution in [-0.4, -0.2) is 42.7 Å². The minimum Gasteiger partial charge on any atom is -0.289 e. The number of alkyl halides is 3. The molecule has 31 heavy (non-hydrogen) atoms. The Morgan fingerprint density at radius 3 is 2.48 bits per heavy atom. The number of sulfonamides is 1. The normalized spacial score (nSPS) is 15.5. The Morgan fingerprint density at radius 1 is 1.16 bits per heavy atom. The fourth-order valence-corrected chi connectivity index (χ4v) is 4.75. The first kappa shape index (κ1) is 23.0. The van der Waals surface area contributed by atoms with E-state index in [0.29, 0.717) is 17.5 Å². The Hall–Kier alpha value is -2.69. The molecule has 1 aliphatic rings. The van der Waals surface area contributed by atoms with Gasteiger partial charge >= 0.3 is 6.18 Å². The van der Waals surface area contributed by atoms with Crippen molar-refractivity contribution in [3.05, 3.63) is 65.2 Å². The summed E-state index contributed by atoms with van der Waals surface area (Å²) in [7, 11) is -3.84. The van der Waals surface area contributed by atoms with Crippen molar-refractivity contribution in [3.8, 4) is 11.1 Å². The van der Waals surface area contributed by atoms with Gasteiger partial charge < -0.3 is 0 Å². The average Bonchev–Trinajstić information content (AvgIpc) is 2.73. The van der Waals surface area contributed by atoms with Gasteiger partial charge in [-0.2, -0.15) is 17.5 Å². The first-order chi connectivity index (χ1) is 14.5. The van der Waals surface area contributed by atoms with E-state index in [1.807, 2.05) is 13.0 Å². The molecule has 0 radical (unpaired) electrons. The Bertz CT molecular complexity index is 1130. The molecule has 1 aliphatic heterocycles. The number of amides is 1. The predicted molar refractivity (Wildman–Crippen MR) is 110 cm³/mol. The highest BCUT2D eigenvalue weighted by Crippen LogP contribution is 2.34. The third-order valence-electron chi connectivity index (χ3n) is 5.10. The van der Waals surface area contributed by atoms with Crippen molar-refractivity contribution >= 4 is 21.5 Å². The highest BCUT2D eigenvalue weighted by Gasteiger charge is 2.30. The molecule has 0 atom stereocenters. The number of hydrogen-bond donors (Lipinski definition) is 2. The zero-order valence-electron chi connectivity index (χ0n) is 16.6. The summed E-state index contributed by atoms with van der Waals surface area (Å²) in [5.41, 5.74) is 4.33. The molecule has 0 aliphatic carbocycles. The van der Waals surface area contributed by atoms with Gasteiger partial charge in [0, 0.05) is 13.1 Å². The molecule has 10 heteroatoms. The lowest BCUT2D eigenvalue weighted by Crippen LogP contribution is -2.40. The molecule has 2 aromatic rings. The smallest absolute Gasteiger partial charge is 0.289 e. The van der Waals surface area contributed by atoms with Gasteiger partial charge in [0.05, 0.1) is 5.56 Å². The van der Waals surface area contributed by atoms with Crippen LogP contribution in [0.1, 0.15) is 23.1 Å². The Labute approximate surface area is 178 Å². The van der Waals surface area contributed by atoms with Crippen LogP contribution in [-0.2, 0) is 21.0 Å². The molecular weight excluding hydrogens is 433 g/mol. The van der Waals surface area contributed by atoms with Crippen LogP contribution < -0.4 is 5.48 Å². The van der Waals surface area contributed by atoms with Gasteiger partial charge in [-0.1, -0.05) is 36.4 Å². The van der Waals surface area contributed by atoms with E-state index < -0.39 is 33.4 Å². The predicted octanol–water partition coefficient (Wildman–Crippen LogP) is 3.61. The molecule has 2 aromatic carbocycles. The topological polar surface area (TPSA) is 86.7 Å². The molecule has 3 rings (SSSR count). The molecule has 166 valence electrons. The molecule has 1 amide bonds. The minimum atomic E-state index is -4.42. The Morgan fingerprint density at radius 2 is 1.90 bits per heavy atom. The van der Waals surface area contributed by atoms with Crippen molar-refractivity contribution in [3.63, 3.8) is 0 Å². The average molecular weight is 454 g/mol. The molecule has 1 heterocycles. The molecule has 0 fully saturated rings. The lowest BCUT2D eigenvalue weighted by molar-refractivity contribution is -0.137. The number of aryl methyl sites for hydroxylation is 1. The second-order valence-corrected chi connectivity index (χ2v) is 9.21. The summed E-state index contributed by atoms with van der Waals surface area (Å²) in [4.78, 5) is 11.2. The third-order valence-corrected chi connectivity index (χ3v) is 6.85. The van der Waals surface area contributed by atoms with E-state index in [2.05, 4.69) is 0 Å². The van der Waals surface area contributed by atoms with Crippen LogP contribution in [0.5, 0.6) is 0 Å². The number of hydroxylamine groups is 1. The molecule has 0 aromatic heterocycles. The van der Waals surface area contributed by atoms with Crippen LogP contribution in [0.15, 0.2) is 48.5 Å². The van der Waals surface area contributed by atoms with Gasteiger partial charge in [-0.15, -0.1) is 0 Å². The van der Waals surface area contributed by atoms with Gasteiger partial charge in [0.15, 0.2) is 0 Å². The summed E-state index contributed by atoms with van der Waals surface area (Å²) in [5.74, 6) is -1.84.